The monoisotopic (exact) mass is 425 g/mol. The summed E-state index contributed by atoms with van der Waals surface area (Å²) in [6.45, 7) is 0.206. The van der Waals surface area contributed by atoms with Crippen molar-refractivity contribution >= 4 is 17.6 Å². The number of alkyl halides is 3. The molecule has 0 saturated carbocycles. The van der Waals surface area contributed by atoms with Gasteiger partial charge in [0.2, 0.25) is 11.8 Å². The number of piperazine rings is 1. The number of aliphatic imine (C=N–C) groups is 1. The maximum atomic E-state index is 12.5. The average molecular weight is 425 g/mol. The predicted octanol–water partition coefficient (Wildman–Crippen LogP) is 1.18. The summed E-state index contributed by atoms with van der Waals surface area (Å²) in [7, 11) is 3.41. The molecule has 0 unspecified atom stereocenters. The third kappa shape index (κ3) is 5.61. The molecule has 3 rings (SSSR count). The van der Waals surface area contributed by atoms with Gasteiger partial charge in [-0.3, -0.25) is 14.5 Å². The Bertz CT molecular complexity index is 896. The van der Waals surface area contributed by atoms with Gasteiger partial charge < -0.3 is 19.9 Å². The van der Waals surface area contributed by atoms with Gasteiger partial charge in [-0.1, -0.05) is 6.07 Å². The van der Waals surface area contributed by atoms with Crippen LogP contribution in [0.3, 0.4) is 0 Å². The molecule has 1 N–H and O–H groups in total. The van der Waals surface area contributed by atoms with Crippen molar-refractivity contribution in [1.82, 2.24) is 25.0 Å². The van der Waals surface area contributed by atoms with Crippen LogP contribution in [0.25, 0.3) is 0 Å². The van der Waals surface area contributed by atoms with E-state index < -0.39 is 12.8 Å². The molecular weight excluding hydrogens is 403 g/mol. The standard InChI is InChI=1S/C18H22F3N7O2/c1-22-17(24-8-13-3-4-15(23-7-13)30-12-18(19,20)21)27-5-6-28(16(29)11-27)14-9-25-26(2)10-14/h3-4,7,9-10H,5-6,8,11-12H2,1-2H3,(H,22,24). The molecule has 162 valence electrons. The van der Waals surface area contributed by atoms with E-state index in [1.807, 2.05) is 4.90 Å². The lowest BCUT2D eigenvalue weighted by Crippen LogP contribution is -2.55. The van der Waals surface area contributed by atoms with E-state index in [2.05, 4.69) is 25.1 Å². The van der Waals surface area contributed by atoms with Crippen LogP contribution < -0.4 is 15.0 Å². The number of amides is 1. The number of hydrogen-bond acceptors (Lipinski definition) is 5. The van der Waals surface area contributed by atoms with Crippen LogP contribution in [0.2, 0.25) is 0 Å². The lowest BCUT2D eigenvalue weighted by Gasteiger charge is -2.35. The lowest BCUT2D eigenvalue weighted by molar-refractivity contribution is -0.154. The van der Waals surface area contributed by atoms with Crippen LogP contribution in [0.1, 0.15) is 5.56 Å². The number of nitrogens with one attached hydrogen (secondary N) is 1. The molecule has 0 aromatic carbocycles. The van der Waals surface area contributed by atoms with Gasteiger partial charge in [-0.25, -0.2) is 4.98 Å². The number of rotatable bonds is 5. The second-order valence-electron chi connectivity index (χ2n) is 6.65. The summed E-state index contributed by atoms with van der Waals surface area (Å²) in [6.07, 6.45) is 0.454. The number of carbonyl (C=O) groups is 1. The fourth-order valence-corrected chi connectivity index (χ4v) is 2.94. The fraction of sp³-hybridized carbons (Fsp3) is 0.444. The summed E-state index contributed by atoms with van der Waals surface area (Å²) < 4.78 is 42.8. The first-order valence-corrected chi connectivity index (χ1v) is 9.14. The fourth-order valence-electron chi connectivity index (χ4n) is 2.94. The van der Waals surface area contributed by atoms with Crippen molar-refractivity contribution in [3.63, 3.8) is 0 Å². The molecule has 2 aromatic heterocycles. The normalized spacial score (nSPS) is 15.5. The average Bonchev–Trinajstić information content (AvgIpc) is 3.13. The maximum absolute atomic E-state index is 12.5. The molecule has 30 heavy (non-hydrogen) atoms. The van der Waals surface area contributed by atoms with Gasteiger partial charge >= 0.3 is 6.18 Å². The molecule has 0 atom stereocenters. The maximum Gasteiger partial charge on any atom is 0.422 e. The van der Waals surface area contributed by atoms with E-state index in [-0.39, 0.29) is 18.3 Å². The number of carbonyl (C=O) groups excluding carboxylic acids is 1. The predicted molar refractivity (Wildman–Crippen MR) is 103 cm³/mol. The molecule has 1 fully saturated rings. The summed E-state index contributed by atoms with van der Waals surface area (Å²) >= 11 is 0. The van der Waals surface area contributed by atoms with Crippen molar-refractivity contribution in [2.24, 2.45) is 12.0 Å². The lowest BCUT2D eigenvalue weighted by atomic mass is 10.2. The van der Waals surface area contributed by atoms with Crippen LogP contribution >= 0.6 is 0 Å². The van der Waals surface area contributed by atoms with Crippen LogP contribution in [0, 0.1) is 0 Å². The number of anilines is 1. The van der Waals surface area contributed by atoms with Gasteiger partial charge in [0, 0.05) is 52.2 Å². The number of pyridine rings is 1. The number of aromatic nitrogens is 3. The molecular formula is C18H22F3N7O2. The van der Waals surface area contributed by atoms with E-state index in [0.29, 0.717) is 25.6 Å². The van der Waals surface area contributed by atoms with Gasteiger partial charge in [0.1, 0.15) is 6.54 Å². The van der Waals surface area contributed by atoms with Crippen molar-refractivity contribution in [1.29, 1.82) is 0 Å². The Morgan fingerprint density at radius 2 is 2.10 bits per heavy atom. The number of aryl methyl sites for hydroxylation is 1. The molecule has 2 aromatic rings. The first-order chi connectivity index (χ1) is 14.2. The van der Waals surface area contributed by atoms with Gasteiger partial charge in [-0.05, 0) is 5.56 Å². The zero-order valence-corrected chi connectivity index (χ0v) is 16.6. The Balaban J connectivity index is 1.52. The topological polar surface area (TPSA) is 87.9 Å². The van der Waals surface area contributed by atoms with Crippen molar-refractivity contribution in [2.75, 3.05) is 38.2 Å². The van der Waals surface area contributed by atoms with Crippen molar-refractivity contribution < 1.29 is 22.7 Å². The van der Waals surface area contributed by atoms with Gasteiger partial charge in [-0.15, -0.1) is 0 Å². The summed E-state index contributed by atoms with van der Waals surface area (Å²) in [5.41, 5.74) is 1.49. The van der Waals surface area contributed by atoms with Crippen molar-refractivity contribution in [2.45, 2.75) is 12.7 Å². The summed E-state index contributed by atoms with van der Waals surface area (Å²) in [6, 6.07) is 2.99. The van der Waals surface area contributed by atoms with Gasteiger partial charge in [0.05, 0.1) is 11.9 Å². The molecule has 0 bridgehead atoms. The van der Waals surface area contributed by atoms with Crippen LogP contribution in [0.15, 0.2) is 35.7 Å². The second-order valence-corrected chi connectivity index (χ2v) is 6.65. The highest BCUT2D eigenvalue weighted by Crippen LogP contribution is 2.18. The van der Waals surface area contributed by atoms with E-state index in [1.165, 1.54) is 12.3 Å². The first-order valence-electron chi connectivity index (χ1n) is 9.14. The van der Waals surface area contributed by atoms with Gasteiger partial charge in [-0.2, -0.15) is 18.3 Å². The third-order valence-electron chi connectivity index (χ3n) is 4.37. The van der Waals surface area contributed by atoms with Crippen LogP contribution in [-0.4, -0.2) is 71.0 Å². The first kappa shape index (κ1) is 21.4. The molecule has 1 aliphatic rings. The number of ether oxygens (including phenoxy) is 1. The summed E-state index contributed by atoms with van der Waals surface area (Å²) in [4.78, 5) is 24.1. The van der Waals surface area contributed by atoms with Gasteiger partial charge in [0.25, 0.3) is 0 Å². The second kappa shape index (κ2) is 9.01. The number of halogens is 3. The molecule has 1 saturated heterocycles. The summed E-state index contributed by atoms with van der Waals surface area (Å²) in [5.74, 6) is 0.384. The zero-order chi connectivity index (χ0) is 21.7. The largest absolute Gasteiger partial charge is 0.468 e. The number of hydrogen-bond donors (Lipinski definition) is 1. The molecule has 9 nitrogen and oxygen atoms in total. The molecule has 1 amide bonds. The minimum atomic E-state index is -4.41. The van der Waals surface area contributed by atoms with E-state index >= 15 is 0 Å². The van der Waals surface area contributed by atoms with Crippen molar-refractivity contribution in [3.05, 3.63) is 36.3 Å². The molecule has 3 heterocycles. The highest BCUT2D eigenvalue weighted by atomic mass is 19.4. The molecule has 0 aliphatic carbocycles. The molecule has 0 radical (unpaired) electrons. The Morgan fingerprint density at radius 1 is 1.30 bits per heavy atom. The Labute approximate surface area is 171 Å². The Morgan fingerprint density at radius 3 is 2.67 bits per heavy atom. The minimum Gasteiger partial charge on any atom is -0.468 e. The minimum absolute atomic E-state index is 0.0648. The SMILES string of the molecule is CN=C(NCc1ccc(OCC(F)(F)F)nc1)N1CCN(c2cnn(C)c2)C(=O)C1. The number of nitrogens with zero attached hydrogens (tertiary/aromatic N) is 6. The van der Waals surface area contributed by atoms with Crippen molar-refractivity contribution in [3.8, 4) is 5.88 Å². The van der Waals surface area contributed by atoms with E-state index in [4.69, 9.17) is 0 Å². The smallest absolute Gasteiger partial charge is 0.422 e. The van der Waals surface area contributed by atoms with E-state index in [9.17, 15) is 18.0 Å². The molecule has 12 heteroatoms. The van der Waals surface area contributed by atoms with Crippen LogP contribution in [0.4, 0.5) is 18.9 Å². The molecule has 0 spiro atoms. The highest BCUT2D eigenvalue weighted by Gasteiger charge is 2.29. The van der Waals surface area contributed by atoms with E-state index in [0.717, 1.165) is 11.3 Å². The summed E-state index contributed by atoms with van der Waals surface area (Å²) in [5, 5.41) is 7.23. The van der Waals surface area contributed by atoms with Gasteiger partial charge in [0.15, 0.2) is 12.6 Å². The van der Waals surface area contributed by atoms with Crippen LogP contribution in [-0.2, 0) is 18.4 Å². The Hall–Kier alpha value is -3.31. The van der Waals surface area contributed by atoms with E-state index in [1.54, 1.807) is 42.1 Å². The van der Waals surface area contributed by atoms with Crippen LogP contribution in [0.5, 0.6) is 5.88 Å². The highest BCUT2D eigenvalue weighted by molar-refractivity contribution is 5.98. The Kier molecular flexibility index (Phi) is 6.43. The third-order valence-corrected chi connectivity index (χ3v) is 4.37. The zero-order valence-electron chi connectivity index (χ0n) is 16.6. The quantitative estimate of drug-likeness (QED) is 0.572. The molecule has 1 aliphatic heterocycles. The number of guanidine groups is 1.